The van der Waals surface area contributed by atoms with Gasteiger partial charge in [0.2, 0.25) is 0 Å². The highest BCUT2D eigenvalue weighted by Crippen LogP contribution is 2.53. The first-order chi connectivity index (χ1) is 9.16. The standard InChI is InChI=1S/C16H20O3/c1-19-16(8-9-16)14-5-3-2-4-12(14)13(10-15(17)18)11-6-7-11/h2-5,11,13H,6-10H2,1H3,(H,17,18). The van der Waals surface area contributed by atoms with Gasteiger partial charge in [0.25, 0.3) is 0 Å². The summed E-state index contributed by atoms with van der Waals surface area (Å²) in [4.78, 5) is 11.1. The molecular formula is C16H20O3. The zero-order valence-corrected chi connectivity index (χ0v) is 11.3. The summed E-state index contributed by atoms with van der Waals surface area (Å²) in [6, 6.07) is 8.26. The number of rotatable bonds is 6. The molecular weight excluding hydrogens is 240 g/mol. The lowest BCUT2D eigenvalue weighted by atomic mass is 9.85. The predicted molar refractivity (Wildman–Crippen MR) is 72.1 cm³/mol. The summed E-state index contributed by atoms with van der Waals surface area (Å²) in [5.41, 5.74) is 2.28. The molecule has 0 radical (unpaired) electrons. The van der Waals surface area contributed by atoms with Crippen LogP contribution in [-0.4, -0.2) is 18.2 Å². The molecule has 1 atom stereocenters. The summed E-state index contributed by atoms with van der Waals surface area (Å²) in [6.45, 7) is 0. The smallest absolute Gasteiger partial charge is 0.303 e. The van der Waals surface area contributed by atoms with Gasteiger partial charge in [-0.25, -0.2) is 0 Å². The van der Waals surface area contributed by atoms with Gasteiger partial charge in [0.05, 0.1) is 12.0 Å². The molecule has 1 aromatic carbocycles. The number of carboxylic acid groups (broad SMARTS) is 1. The van der Waals surface area contributed by atoms with Crippen molar-refractivity contribution in [3.8, 4) is 0 Å². The van der Waals surface area contributed by atoms with Crippen molar-refractivity contribution in [2.24, 2.45) is 5.92 Å². The first-order valence-electron chi connectivity index (χ1n) is 7.02. The van der Waals surface area contributed by atoms with Gasteiger partial charge in [-0.1, -0.05) is 24.3 Å². The van der Waals surface area contributed by atoms with E-state index in [-0.39, 0.29) is 17.9 Å². The normalized spacial score (nSPS) is 21.9. The van der Waals surface area contributed by atoms with E-state index in [1.165, 1.54) is 11.1 Å². The topological polar surface area (TPSA) is 46.5 Å². The van der Waals surface area contributed by atoms with Crippen molar-refractivity contribution in [3.63, 3.8) is 0 Å². The minimum absolute atomic E-state index is 0.137. The number of hydrogen-bond acceptors (Lipinski definition) is 2. The van der Waals surface area contributed by atoms with Gasteiger partial charge in [-0.3, -0.25) is 4.79 Å². The van der Waals surface area contributed by atoms with E-state index >= 15 is 0 Å². The van der Waals surface area contributed by atoms with Crippen LogP contribution in [0.3, 0.4) is 0 Å². The van der Waals surface area contributed by atoms with Crippen molar-refractivity contribution in [1.82, 2.24) is 0 Å². The van der Waals surface area contributed by atoms with Crippen LogP contribution in [0, 0.1) is 5.92 Å². The zero-order valence-electron chi connectivity index (χ0n) is 11.3. The molecule has 2 aliphatic carbocycles. The van der Waals surface area contributed by atoms with E-state index in [0.717, 1.165) is 25.7 Å². The molecule has 0 bridgehead atoms. The van der Waals surface area contributed by atoms with Crippen LogP contribution >= 0.6 is 0 Å². The van der Waals surface area contributed by atoms with E-state index in [1.54, 1.807) is 7.11 Å². The van der Waals surface area contributed by atoms with Gasteiger partial charge in [-0.15, -0.1) is 0 Å². The Labute approximate surface area is 113 Å². The second-order valence-corrected chi connectivity index (χ2v) is 5.83. The van der Waals surface area contributed by atoms with Crippen LogP contribution in [0.4, 0.5) is 0 Å². The molecule has 3 rings (SSSR count). The molecule has 1 unspecified atom stereocenters. The van der Waals surface area contributed by atoms with E-state index in [1.807, 2.05) is 12.1 Å². The predicted octanol–water partition coefficient (Wildman–Crippen LogP) is 3.29. The largest absolute Gasteiger partial charge is 0.481 e. The SMILES string of the molecule is COC1(c2ccccc2C(CC(=O)O)C2CC2)CC1. The Bertz CT molecular complexity index is 487. The zero-order chi connectivity index (χ0) is 13.5. The number of methoxy groups -OCH3 is 1. The van der Waals surface area contributed by atoms with E-state index in [9.17, 15) is 4.79 Å². The van der Waals surface area contributed by atoms with Crippen molar-refractivity contribution in [2.75, 3.05) is 7.11 Å². The molecule has 2 aliphatic rings. The fourth-order valence-electron chi connectivity index (χ4n) is 3.15. The first kappa shape index (κ1) is 12.7. The molecule has 0 aliphatic heterocycles. The van der Waals surface area contributed by atoms with Crippen LogP contribution < -0.4 is 0 Å². The maximum Gasteiger partial charge on any atom is 0.303 e. The number of ether oxygens (including phenoxy) is 1. The third-order valence-electron chi connectivity index (χ3n) is 4.53. The Morgan fingerprint density at radius 3 is 2.63 bits per heavy atom. The molecule has 19 heavy (non-hydrogen) atoms. The number of aliphatic carboxylic acids is 1. The first-order valence-corrected chi connectivity index (χ1v) is 7.02. The van der Waals surface area contributed by atoms with E-state index < -0.39 is 5.97 Å². The van der Waals surface area contributed by atoms with Crippen LogP contribution in [0.15, 0.2) is 24.3 Å². The lowest BCUT2D eigenvalue weighted by Crippen LogP contribution is -2.17. The van der Waals surface area contributed by atoms with Crippen LogP contribution in [-0.2, 0) is 15.1 Å². The van der Waals surface area contributed by atoms with Crippen molar-refractivity contribution < 1.29 is 14.6 Å². The van der Waals surface area contributed by atoms with Gasteiger partial charge in [0.15, 0.2) is 0 Å². The van der Waals surface area contributed by atoms with Gasteiger partial charge < -0.3 is 9.84 Å². The molecule has 0 spiro atoms. The number of carbonyl (C=O) groups is 1. The highest BCUT2D eigenvalue weighted by Gasteiger charge is 2.47. The molecule has 0 aromatic heterocycles. The minimum atomic E-state index is -0.700. The highest BCUT2D eigenvalue weighted by atomic mass is 16.5. The summed E-state index contributed by atoms with van der Waals surface area (Å²) in [5.74, 6) is 0.000183. The maximum absolute atomic E-state index is 11.1. The second-order valence-electron chi connectivity index (χ2n) is 5.83. The van der Waals surface area contributed by atoms with Crippen molar-refractivity contribution in [2.45, 2.75) is 43.6 Å². The molecule has 0 saturated heterocycles. The Morgan fingerprint density at radius 1 is 1.42 bits per heavy atom. The van der Waals surface area contributed by atoms with Crippen LogP contribution in [0.5, 0.6) is 0 Å². The average Bonchev–Trinajstić information content (AvgIpc) is 3.29. The Balaban J connectivity index is 1.96. The highest BCUT2D eigenvalue weighted by molar-refractivity contribution is 5.68. The van der Waals surface area contributed by atoms with Crippen LogP contribution in [0.25, 0.3) is 0 Å². The molecule has 3 nitrogen and oxygen atoms in total. The summed E-state index contributed by atoms with van der Waals surface area (Å²) >= 11 is 0. The van der Waals surface area contributed by atoms with E-state index in [2.05, 4.69) is 12.1 Å². The number of benzene rings is 1. The third-order valence-corrected chi connectivity index (χ3v) is 4.53. The molecule has 0 heterocycles. The van der Waals surface area contributed by atoms with Crippen molar-refractivity contribution >= 4 is 5.97 Å². The summed E-state index contributed by atoms with van der Waals surface area (Å²) < 4.78 is 5.68. The minimum Gasteiger partial charge on any atom is -0.481 e. The van der Waals surface area contributed by atoms with E-state index in [4.69, 9.17) is 9.84 Å². The molecule has 3 heteroatoms. The van der Waals surface area contributed by atoms with Gasteiger partial charge >= 0.3 is 5.97 Å². The van der Waals surface area contributed by atoms with Gasteiger partial charge in [-0.2, -0.15) is 0 Å². The van der Waals surface area contributed by atoms with Crippen molar-refractivity contribution in [1.29, 1.82) is 0 Å². The third kappa shape index (κ3) is 2.39. The second kappa shape index (κ2) is 4.64. The molecule has 0 amide bonds. The quantitative estimate of drug-likeness (QED) is 0.853. The van der Waals surface area contributed by atoms with E-state index in [0.29, 0.717) is 5.92 Å². The maximum atomic E-state index is 11.1. The summed E-state index contributed by atoms with van der Waals surface area (Å²) in [7, 11) is 1.76. The van der Waals surface area contributed by atoms with Gasteiger partial charge in [0, 0.05) is 7.11 Å². The van der Waals surface area contributed by atoms with Crippen molar-refractivity contribution in [3.05, 3.63) is 35.4 Å². The molecule has 1 aromatic rings. The van der Waals surface area contributed by atoms with Gasteiger partial charge in [0.1, 0.15) is 0 Å². The average molecular weight is 260 g/mol. The lowest BCUT2D eigenvalue weighted by molar-refractivity contribution is -0.137. The number of carboxylic acids is 1. The molecule has 102 valence electrons. The van der Waals surface area contributed by atoms with Gasteiger partial charge in [-0.05, 0) is 48.6 Å². The fraction of sp³-hybridized carbons (Fsp3) is 0.562. The molecule has 2 saturated carbocycles. The Morgan fingerprint density at radius 2 is 2.11 bits per heavy atom. The fourth-order valence-corrected chi connectivity index (χ4v) is 3.15. The lowest BCUT2D eigenvalue weighted by Gasteiger charge is -2.23. The summed E-state index contributed by atoms with van der Waals surface area (Å²) in [6.07, 6.45) is 4.65. The van der Waals surface area contributed by atoms with Crippen LogP contribution in [0.2, 0.25) is 0 Å². The Hall–Kier alpha value is -1.35. The van der Waals surface area contributed by atoms with Crippen LogP contribution in [0.1, 0.15) is 49.1 Å². The summed E-state index contributed by atoms with van der Waals surface area (Å²) in [5, 5.41) is 9.16. The molecule has 1 N–H and O–H groups in total. The number of hydrogen-bond donors (Lipinski definition) is 1. The molecule has 2 fully saturated rings. The monoisotopic (exact) mass is 260 g/mol. The Kier molecular flexibility index (Phi) is 3.09.